The van der Waals surface area contributed by atoms with Crippen LogP contribution in [0.15, 0.2) is 23.1 Å². The molecule has 0 radical (unpaired) electrons. The van der Waals surface area contributed by atoms with Crippen molar-refractivity contribution >= 4 is 21.2 Å². The maximum absolute atomic E-state index is 11.6. The monoisotopic (exact) mass is 294 g/mol. The van der Waals surface area contributed by atoms with Gasteiger partial charge in [-0.2, -0.15) is 0 Å². The molecule has 0 saturated heterocycles. The van der Waals surface area contributed by atoms with Crippen LogP contribution in [-0.4, -0.2) is 27.8 Å². The number of nitrogens with two attached hydrogens (primary N) is 1. The molecule has 1 aromatic rings. The van der Waals surface area contributed by atoms with E-state index in [1.54, 1.807) is 12.1 Å². The fourth-order valence-corrected chi connectivity index (χ4v) is 3.20. The molecule has 0 bridgehead atoms. The second-order valence-electron chi connectivity index (χ2n) is 6.28. The van der Waals surface area contributed by atoms with E-state index in [0.717, 1.165) is 30.6 Å². The summed E-state index contributed by atoms with van der Waals surface area (Å²) >= 11 is 0. The third kappa shape index (κ3) is 3.26. The first-order valence-electron chi connectivity index (χ1n) is 7.28. The summed E-state index contributed by atoms with van der Waals surface area (Å²) in [6.45, 7) is 2.11. The van der Waals surface area contributed by atoms with Gasteiger partial charge in [0.2, 0.25) is 0 Å². The zero-order chi connectivity index (χ0) is 14.3. The molecule has 2 saturated carbocycles. The van der Waals surface area contributed by atoms with Crippen LogP contribution in [0.2, 0.25) is 0 Å². The van der Waals surface area contributed by atoms with E-state index in [0.29, 0.717) is 10.6 Å². The Morgan fingerprint density at radius 2 is 1.70 bits per heavy atom. The molecule has 0 spiro atoms. The number of hydrogen-bond donors (Lipinski definition) is 1. The summed E-state index contributed by atoms with van der Waals surface area (Å²) in [4.78, 5) is 2.66. The summed E-state index contributed by atoms with van der Waals surface area (Å²) in [7, 11) is -3.19. The van der Waals surface area contributed by atoms with Crippen molar-refractivity contribution in [1.82, 2.24) is 0 Å². The van der Waals surface area contributed by atoms with Crippen molar-refractivity contribution in [1.29, 1.82) is 0 Å². The number of rotatable bonds is 6. The van der Waals surface area contributed by atoms with Gasteiger partial charge >= 0.3 is 0 Å². The van der Waals surface area contributed by atoms with Gasteiger partial charge in [-0.3, -0.25) is 0 Å². The summed E-state index contributed by atoms with van der Waals surface area (Å²) < 4.78 is 23.1. The van der Waals surface area contributed by atoms with Gasteiger partial charge in [0, 0.05) is 19.3 Å². The largest absolute Gasteiger partial charge is 0.397 e. The number of hydrogen-bond acceptors (Lipinski definition) is 4. The van der Waals surface area contributed by atoms with Crippen LogP contribution < -0.4 is 10.6 Å². The molecular formula is C15H22N2O2S. The lowest BCUT2D eigenvalue weighted by Crippen LogP contribution is -2.28. The number of nitrogen functional groups attached to an aromatic ring is 1. The first-order valence-corrected chi connectivity index (χ1v) is 9.17. The second-order valence-corrected chi connectivity index (χ2v) is 8.30. The molecule has 0 heterocycles. The normalized spacial score (nSPS) is 19.1. The van der Waals surface area contributed by atoms with E-state index >= 15 is 0 Å². The van der Waals surface area contributed by atoms with Crippen molar-refractivity contribution in [3.05, 3.63) is 18.2 Å². The van der Waals surface area contributed by atoms with Gasteiger partial charge in [-0.1, -0.05) is 0 Å². The highest BCUT2D eigenvalue weighted by Gasteiger charge is 2.30. The van der Waals surface area contributed by atoms with E-state index in [9.17, 15) is 8.42 Å². The maximum Gasteiger partial charge on any atom is 0.175 e. The Morgan fingerprint density at radius 3 is 2.10 bits per heavy atom. The third-order valence-corrected chi connectivity index (χ3v) is 5.23. The third-order valence-electron chi connectivity index (χ3n) is 4.12. The molecule has 110 valence electrons. The molecular weight excluding hydrogens is 272 g/mol. The van der Waals surface area contributed by atoms with E-state index in [-0.39, 0.29) is 0 Å². The smallest absolute Gasteiger partial charge is 0.175 e. The molecule has 0 aliphatic heterocycles. The topological polar surface area (TPSA) is 63.4 Å². The van der Waals surface area contributed by atoms with Crippen LogP contribution in [0.25, 0.3) is 0 Å². The molecule has 3 rings (SSSR count). The number of nitrogens with zero attached hydrogens (tertiary/aromatic N) is 1. The van der Waals surface area contributed by atoms with Gasteiger partial charge in [0.1, 0.15) is 0 Å². The Hall–Kier alpha value is -1.23. The Labute approximate surface area is 120 Å². The van der Waals surface area contributed by atoms with Gasteiger partial charge in [0.05, 0.1) is 16.3 Å². The van der Waals surface area contributed by atoms with Gasteiger partial charge in [0.25, 0.3) is 0 Å². The fourth-order valence-electron chi connectivity index (χ4n) is 2.55. The SMILES string of the molecule is CS(=O)(=O)c1ccc(N(CC2CC2)CC2CC2)c(N)c1. The average Bonchev–Trinajstić information content (AvgIpc) is 3.22. The molecule has 4 nitrogen and oxygen atoms in total. The van der Waals surface area contributed by atoms with Crippen molar-refractivity contribution in [2.75, 3.05) is 30.0 Å². The van der Waals surface area contributed by atoms with Crippen LogP contribution in [0.3, 0.4) is 0 Å². The van der Waals surface area contributed by atoms with Crippen LogP contribution in [0.4, 0.5) is 11.4 Å². The minimum atomic E-state index is -3.19. The van der Waals surface area contributed by atoms with Crippen LogP contribution >= 0.6 is 0 Å². The first kappa shape index (κ1) is 13.7. The van der Waals surface area contributed by atoms with E-state index in [4.69, 9.17) is 5.73 Å². The fraction of sp³-hybridized carbons (Fsp3) is 0.600. The Balaban J connectivity index is 1.85. The zero-order valence-electron chi connectivity index (χ0n) is 11.9. The highest BCUT2D eigenvalue weighted by molar-refractivity contribution is 7.90. The van der Waals surface area contributed by atoms with E-state index in [1.807, 2.05) is 6.07 Å². The van der Waals surface area contributed by atoms with Crippen molar-refractivity contribution in [3.8, 4) is 0 Å². The summed E-state index contributed by atoms with van der Waals surface area (Å²) in [6.07, 6.45) is 6.45. The molecule has 2 aliphatic rings. The highest BCUT2D eigenvalue weighted by atomic mass is 32.2. The molecule has 0 unspecified atom stereocenters. The molecule has 0 amide bonds. The number of benzene rings is 1. The van der Waals surface area contributed by atoms with Gasteiger partial charge in [-0.05, 0) is 55.7 Å². The molecule has 1 aromatic carbocycles. The standard InChI is InChI=1S/C15H22N2O2S/c1-20(18,19)13-6-7-15(14(16)8-13)17(9-11-2-3-11)10-12-4-5-12/h6-8,11-12H,2-5,9-10,16H2,1H3. The van der Waals surface area contributed by atoms with E-state index in [2.05, 4.69) is 4.90 Å². The summed E-state index contributed by atoms with van der Waals surface area (Å²) in [5, 5.41) is 0. The van der Waals surface area contributed by atoms with Crippen molar-refractivity contribution in [2.24, 2.45) is 11.8 Å². The predicted octanol–water partition coefficient (Wildman–Crippen LogP) is 2.30. The molecule has 0 atom stereocenters. The number of sulfone groups is 1. The summed E-state index contributed by atoms with van der Waals surface area (Å²) in [5.41, 5.74) is 7.68. The van der Waals surface area contributed by atoms with Crippen LogP contribution in [0.5, 0.6) is 0 Å². The first-order chi connectivity index (χ1) is 9.43. The summed E-state index contributed by atoms with van der Waals surface area (Å²) in [5.74, 6) is 1.59. The van der Waals surface area contributed by atoms with Crippen LogP contribution in [0.1, 0.15) is 25.7 Å². The maximum atomic E-state index is 11.6. The Morgan fingerprint density at radius 1 is 1.15 bits per heavy atom. The number of anilines is 2. The highest BCUT2D eigenvalue weighted by Crippen LogP contribution is 2.37. The van der Waals surface area contributed by atoms with Gasteiger partial charge in [-0.25, -0.2) is 8.42 Å². The van der Waals surface area contributed by atoms with Gasteiger partial charge in [-0.15, -0.1) is 0 Å². The van der Waals surface area contributed by atoms with Gasteiger partial charge < -0.3 is 10.6 Å². The summed E-state index contributed by atoms with van der Waals surface area (Å²) in [6, 6.07) is 5.14. The molecule has 0 aromatic heterocycles. The van der Waals surface area contributed by atoms with Crippen LogP contribution in [0, 0.1) is 11.8 Å². The zero-order valence-corrected chi connectivity index (χ0v) is 12.7. The Bertz CT molecular complexity index is 590. The molecule has 5 heteroatoms. The van der Waals surface area contributed by atoms with E-state index in [1.165, 1.54) is 31.9 Å². The van der Waals surface area contributed by atoms with Crippen LogP contribution in [-0.2, 0) is 9.84 Å². The molecule has 2 N–H and O–H groups in total. The predicted molar refractivity (Wildman–Crippen MR) is 81.6 cm³/mol. The molecule has 20 heavy (non-hydrogen) atoms. The second kappa shape index (κ2) is 4.95. The van der Waals surface area contributed by atoms with E-state index < -0.39 is 9.84 Å². The van der Waals surface area contributed by atoms with Crippen molar-refractivity contribution in [2.45, 2.75) is 30.6 Å². The lowest BCUT2D eigenvalue weighted by molar-refractivity contribution is 0.602. The van der Waals surface area contributed by atoms with Crippen molar-refractivity contribution in [3.63, 3.8) is 0 Å². The van der Waals surface area contributed by atoms with Gasteiger partial charge in [0.15, 0.2) is 9.84 Å². The lowest BCUT2D eigenvalue weighted by Gasteiger charge is -2.26. The quantitative estimate of drug-likeness (QED) is 0.818. The molecule has 2 aliphatic carbocycles. The minimum absolute atomic E-state index is 0.302. The molecule has 2 fully saturated rings. The Kier molecular flexibility index (Phi) is 3.40. The lowest BCUT2D eigenvalue weighted by atomic mass is 10.2. The average molecular weight is 294 g/mol. The minimum Gasteiger partial charge on any atom is -0.397 e. The van der Waals surface area contributed by atoms with Crippen molar-refractivity contribution < 1.29 is 8.42 Å².